The third kappa shape index (κ3) is 1.49. The highest BCUT2D eigenvalue weighted by Crippen LogP contribution is 2.13. The lowest BCUT2D eigenvalue weighted by molar-refractivity contribution is 0.0979. The van der Waals surface area contributed by atoms with Gasteiger partial charge in [0.1, 0.15) is 6.61 Å². The summed E-state index contributed by atoms with van der Waals surface area (Å²) in [5.41, 5.74) is 1.34. The smallest absolute Gasteiger partial charge is 0.205 e. The van der Waals surface area contributed by atoms with Gasteiger partial charge in [0.2, 0.25) is 5.65 Å². The maximum atomic E-state index is 5.20. The highest BCUT2D eigenvalue weighted by molar-refractivity contribution is 9.10. The van der Waals surface area contributed by atoms with Crippen molar-refractivity contribution in [3.63, 3.8) is 0 Å². The highest BCUT2D eigenvalue weighted by Gasteiger charge is 2.05. The number of halogens is 1. The molecule has 0 bridgehead atoms. The first kappa shape index (κ1) is 8.43. The van der Waals surface area contributed by atoms with E-state index in [1.54, 1.807) is 6.20 Å². The van der Waals surface area contributed by atoms with Crippen LogP contribution in [-0.2, 0) is 0 Å². The minimum absolute atomic E-state index is 0.547. The number of fused-ring (bicyclic) bond motifs is 1. The number of aromatic nitrogens is 4. The van der Waals surface area contributed by atoms with Gasteiger partial charge in [-0.15, -0.1) is 5.10 Å². The van der Waals surface area contributed by atoms with Gasteiger partial charge >= 0.3 is 0 Å². The number of pyridine rings is 1. The third-order valence-electron chi connectivity index (χ3n) is 1.49. The molecule has 0 aliphatic rings. The molecule has 0 N–H and O–H groups in total. The molecule has 5 nitrogen and oxygen atoms in total. The zero-order valence-corrected chi connectivity index (χ0v) is 8.52. The van der Waals surface area contributed by atoms with Crippen molar-refractivity contribution in [1.82, 2.24) is 20.1 Å². The van der Waals surface area contributed by atoms with Gasteiger partial charge < -0.3 is 4.84 Å². The molecule has 2 heterocycles. The Labute approximate surface area is 82.8 Å². The van der Waals surface area contributed by atoms with E-state index < -0.39 is 0 Å². The van der Waals surface area contributed by atoms with Crippen LogP contribution in [0.1, 0.15) is 6.92 Å². The molecule has 0 amide bonds. The summed E-state index contributed by atoms with van der Waals surface area (Å²) in [5.74, 6) is 0. The van der Waals surface area contributed by atoms with Crippen molar-refractivity contribution >= 4 is 27.1 Å². The molecule has 6 heteroatoms. The average molecular weight is 243 g/mol. The molecule has 68 valence electrons. The van der Waals surface area contributed by atoms with Gasteiger partial charge in [0, 0.05) is 10.7 Å². The predicted molar refractivity (Wildman–Crippen MR) is 50.1 cm³/mol. The Morgan fingerprint density at radius 2 is 2.46 bits per heavy atom. The first-order chi connectivity index (χ1) is 6.31. The van der Waals surface area contributed by atoms with Crippen LogP contribution in [0.15, 0.2) is 16.7 Å². The summed E-state index contributed by atoms with van der Waals surface area (Å²) in [6.45, 7) is 2.43. The lowest BCUT2D eigenvalue weighted by atomic mass is 10.4. The van der Waals surface area contributed by atoms with Gasteiger partial charge in [-0.1, -0.05) is 4.85 Å². The Bertz CT molecular complexity index is 427. The number of rotatable bonds is 2. The number of nitrogens with zero attached hydrogens (tertiary/aromatic N) is 4. The summed E-state index contributed by atoms with van der Waals surface area (Å²) in [6, 6.07) is 1.86. The second-order valence-electron chi connectivity index (χ2n) is 2.38. The van der Waals surface area contributed by atoms with Crippen molar-refractivity contribution in [3.8, 4) is 0 Å². The molecule has 0 spiro atoms. The van der Waals surface area contributed by atoms with E-state index >= 15 is 0 Å². The minimum Gasteiger partial charge on any atom is -0.395 e. The van der Waals surface area contributed by atoms with Crippen molar-refractivity contribution in [2.45, 2.75) is 6.92 Å². The summed E-state index contributed by atoms with van der Waals surface area (Å²) in [4.78, 5) is 10.6. The van der Waals surface area contributed by atoms with Crippen LogP contribution in [-0.4, -0.2) is 26.7 Å². The Morgan fingerprint density at radius 1 is 1.62 bits per heavy atom. The van der Waals surface area contributed by atoms with Crippen LogP contribution in [0.5, 0.6) is 0 Å². The molecule has 0 aromatic carbocycles. The molecular formula is C7H7BrN4O. The Hall–Kier alpha value is -1.17. The fourth-order valence-electron chi connectivity index (χ4n) is 0.988. The standard InChI is InChI=1S/C7H7BrN4O/c1-2-13-12-6-3-5(8)4-9-7(6)10-11-12/h3-4H,2H2,1H3. The van der Waals surface area contributed by atoms with Crippen molar-refractivity contribution in [3.05, 3.63) is 16.7 Å². The largest absolute Gasteiger partial charge is 0.395 e. The molecule has 0 radical (unpaired) electrons. The molecule has 0 unspecified atom stereocenters. The van der Waals surface area contributed by atoms with Gasteiger partial charge in [-0.25, -0.2) is 4.98 Å². The predicted octanol–water partition coefficient (Wildman–Crippen LogP) is 1.04. The van der Waals surface area contributed by atoms with Gasteiger partial charge in [-0.05, 0) is 34.1 Å². The summed E-state index contributed by atoms with van der Waals surface area (Å²) >= 11 is 3.32. The average Bonchev–Trinajstić information content (AvgIpc) is 2.49. The minimum atomic E-state index is 0.547. The highest BCUT2D eigenvalue weighted by atomic mass is 79.9. The fraction of sp³-hybridized carbons (Fsp3) is 0.286. The Balaban J connectivity index is 2.58. The van der Waals surface area contributed by atoms with E-state index in [9.17, 15) is 0 Å². The molecule has 0 saturated heterocycles. The topological polar surface area (TPSA) is 52.8 Å². The SMILES string of the molecule is CCOn1nnc2ncc(Br)cc21. The first-order valence-electron chi connectivity index (χ1n) is 3.81. The quantitative estimate of drug-likeness (QED) is 0.790. The van der Waals surface area contributed by atoms with E-state index in [0.29, 0.717) is 12.3 Å². The molecule has 0 atom stereocenters. The lowest BCUT2D eigenvalue weighted by Gasteiger charge is -2.00. The summed E-state index contributed by atoms with van der Waals surface area (Å²) < 4.78 is 0.878. The molecule has 2 rings (SSSR count). The second kappa shape index (κ2) is 3.29. The Morgan fingerprint density at radius 3 is 3.23 bits per heavy atom. The van der Waals surface area contributed by atoms with Crippen molar-refractivity contribution in [2.24, 2.45) is 0 Å². The van der Waals surface area contributed by atoms with Crippen molar-refractivity contribution < 1.29 is 4.84 Å². The first-order valence-corrected chi connectivity index (χ1v) is 4.61. The van der Waals surface area contributed by atoms with E-state index in [-0.39, 0.29) is 0 Å². The number of hydrogen-bond donors (Lipinski definition) is 0. The van der Waals surface area contributed by atoms with Crippen LogP contribution in [0, 0.1) is 0 Å². The summed E-state index contributed by atoms with van der Waals surface area (Å²) in [6.07, 6.45) is 1.67. The van der Waals surface area contributed by atoms with Gasteiger partial charge in [-0.2, -0.15) is 0 Å². The van der Waals surface area contributed by atoms with Crippen LogP contribution in [0.3, 0.4) is 0 Å². The van der Waals surface area contributed by atoms with Gasteiger partial charge in [0.15, 0.2) is 5.52 Å². The number of hydrogen-bond acceptors (Lipinski definition) is 4. The van der Waals surface area contributed by atoms with Gasteiger partial charge in [0.25, 0.3) is 0 Å². The van der Waals surface area contributed by atoms with Crippen LogP contribution >= 0.6 is 15.9 Å². The monoisotopic (exact) mass is 242 g/mol. The van der Waals surface area contributed by atoms with E-state index in [1.165, 1.54) is 4.85 Å². The molecule has 0 aliphatic heterocycles. The molecule has 0 saturated carbocycles. The summed E-state index contributed by atoms with van der Waals surface area (Å²) in [5, 5.41) is 7.62. The molecule has 0 fully saturated rings. The van der Waals surface area contributed by atoms with E-state index in [0.717, 1.165) is 9.99 Å². The maximum Gasteiger partial charge on any atom is 0.205 e. The molecule has 13 heavy (non-hydrogen) atoms. The van der Waals surface area contributed by atoms with Crippen LogP contribution in [0.4, 0.5) is 0 Å². The summed E-state index contributed by atoms with van der Waals surface area (Å²) in [7, 11) is 0. The fourth-order valence-corrected chi connectivity index (χ4v) is 1.31. The van der Waals surface area contributed by atoms with Crippen LogP contribution < -0.4 is 4.84 Å². The van der Waals surface area contributed by atoms with Crippen molar-refractivity contribution in [1.29, 1.82) is 0 Å². The lowest BCUT2D eigenvalue weighted by Crippen LogP contribution is -2.11. The van der Waals surface area contributed by atoms with Crippen LogP contribution in [0.25, 0.3) is 11.2 Å². The maximum absolute atomic E-state index is 5.20. The van der Waals surface area contributed by atoms with Crippen LogP contribution in [0.2, 0.25) is 0 Å². The van der Waals surface area contributed by atoms with E-state index in [4.69, 9.17) is 4.84 Å². The molecule has 0 aliphatic carbocycles. The molecular weight excluding hydrogens is 236 g/mol. The molecule has 2 aromatic heterocycles. The van der Waals surface area contributed by atoms with Gasteiger partial charge in [-0.3, -0.25) is 0 Å². The zero-order chi connectivity index (χ0) is 9.26. The molecule has 2 aromatic rings. The van der Waals surface area contributed by atoms with Gasteiger partial charge in [0.05, 0.1) is 0 Å². The second-order valence-corrected chi connectivity index (χ2v) is 3.29. The van der Waals surface area contributed by atoms with E-state index in [2.05, 4.69) is 31.2 Å². The van der Waals surface area contributed by atoms with E-state index in [1.807, 2.05) is 13.0 Å². The third-order valence-corrected chi connectivity index (χ3v) is 1.93. The Kier molecular flexibility index (Phi) is 2.13. The van der Waals surface area contributed by atoms with Crippen molar-refractivity contribution in [2.75, 3.05) is 6.61 Å². The normalized spacial score (nSPS) is 10.6. The zero-order valence-electron chi connectivity index (χ0n) is 6.94.